The lowest BCUT2D eigenvalue weighted by Crippen LogP contribution is -2.53. The van der Waals surface area contributed by atoms with Crippen molar-refractivity contribution >= 4 is 11.8 Å². The van der Waals surface area contributed by atoms with Gasteiger partial charge in [-0.05, 0) is 26.0 Å². The van der Waals surface area contributed by atoms with Crippen LogP contribution in [-0.2, 0) is 4.79 Å². The monoisotopic (exact) mass is 305 g/mol. The molecule has 0 bridgehead atoms. The molecule has 0 spiro atoms. The number of carbonyl (C=O) groups is 2. The standard InChI is InChI=1S/C16H23N3O3/c1-3-22-14-7-5-4-6-13(14)16(21)18-10-15(20)19-9-8-17-12(2)11-19/h4-7,12,17H,3,8-11H2,1-2H3,(H,18,21)/t12-/m1/s1. The van der Waals surface area contributed by atoms with Crippen molar-refractivity contribution in [1.29, 1.82) is 0 Å². The van der Waals surface area contributed by atoms with E-state index in [2.05, 4.69) is 10.6 Å². The largest absolute Gasteiger partial charge is 0.493 e. The summed E-state index contributed by atoms with van der Waals surface area (Å²) >= 11 is 0. The van der Waals surface area contributed by atoms with Gasteiger partial charge < -0.3 is 20.3 Å². The molecule has 120 valence electrons. The van der Waals surface area contributed by atoms with Gasteiger partial charge in [-0.3, -0.25) is 9.59 Å². The Morgan fingerprint density at radius 3 is 2.91 bits per heavy atom. The number of hydrogen-bond donors (Lipinski definition) is 2. The Balaban J connectivity index is 1.91. The molecule has 2 N–H and O–H groups in total. The molecule has 2 amide bonds. The van der Waals surface area contributed by atoms with Gasteiger partial charge in [0.2, 0.25) is 5.91 Å². The number of para-hydroxylation sites is 1. The van der Waals surface area contributed by atoms with Gasteiger partial charge in [-0.25, -0.2) is 0 Å². The predicted molar refractivity (Wildman–Crippen MR) is 84.0 cm³/mol. The highest BCUT2D eigenvalue weighted by atomic mass is 16.5. The van der Waals surface area contributed by atoms with Crippen LogP contribution >= 0.6 is 0 Å². The minimum Gasteiger partial charge on any atom is -0.493 e. The predicted octanol–water partition coefficient (Wildman–Crippen LogP) is 0.635. The van der Waals surface area contributed by atoms with Gasteiger partial charge in [-0.2, -0.15) is 0 Å². The minimum absolute atomic E-state index is 0.00596. The molecule has 0 aliphatic carbocycles. The van der Waals surface area contributed by atoms with Gasteiger partial charge >= 0.3 is 0 Å². The number of nitrogens with one attached hydrogen (secondary N) is 2. The summed E-state index contributed by atoms with van der Waals surface area (Å²) in [5.74, 6) is 0.182. The van der Waals surface area contributed by atoms with Crippen LogP contribution in [0.25, 0.3) is 0 Å². The Labute approximate surface area is 130 Å². The van der Waals surface area contributed by atoms with E-state index in [4.69, 9.17) is 4.74 Å². The fourth-order valence-corrected chi connectivity index (χ4v) is 2.46. The number of ether oxygens (including phenoxy) is 1. The van der Waals surface area contributed by atoms with E-state index in [1.165, 1.54) is 0 Å². The van der Waals surface area contributed by atoms with Gasteiger partial charge in [0, 0.05) is 25.7 Å². The second-order valence-electron chi connectivity index (χ2n) is 5.31. The molecule has 6 nitrogen and oxygen atoms in total. The molecule has 0 saturated carbocycles. The van der Waals surface area contributed by atoms with Gasteiger partial charge in [0.15, 0.2) is 0 Å². The van der Waals surface area contributed by atoms with Crippen molar-refractivity contribution in [3.05, 3.63) is 29.8 Å². The van der Waals surface area contributed by atoms with Crippen molar-refractivity contribution in [2.45, 2.75) is 19.9 Å². The summed E-state index contributed by atoms with van der Waals surface area (Å²) in [6.45, 7) is 6.53. The van der Waals surface area contributed by atoms with Crippen molar-refractivity contribution in [3.63, 3.8) is 0 Å². The third kappa shape index (κ3) is 4.21. The van der Waals surface area contributed by atoms with E-state index < -0.39 is 0 Å². The first kappa shape index (κ1) is 16.3. The highest BCUT2D eigenvalue weighted by Gasteiger charge is 2.21. The molecule has 22 heavy (non-hydrogen) atoms. The van der Waals surface area contributed by atoms with Gasteiger partial charge in [0.25, 0.3) is 5.91 Å². The molecule has 1 aliphatic heterocycles. The Bertz CT molecular complexity index is 533. The maximum atomic E-state index is 12.2. The molecular weight excluding hydrogens is 282 g/mol. The quantitative estimate of drug-likeness (QED) is 0.837. The summed E-state index contributed by atoms with van der Waals surface area (Å²) < 4.78 is 5.43. The molecule has 0 unspecified atom stereocenters. The maximum absolute atomic E-state index is 12.2. The Kier molecular flexibility index (Phi) is 5.77. The molecule has 1 heterocycles. The topological polar surface area (TPSA) is 70.7 Å². The fraction of sp³-hybridized carbons (Fsp3) is 0.500. The first-order valence-corrected chi connectivity index (χ1v) is 7.63. The van der Waals surface area contributed by atoms with Gasteiger partial charge in [0.1, 0.15) is 5.75 Å². The molecule has 2 rings (SSSR count). The van der Waals surface area contributed by atoms with Crippen LogP contribution in [0.1, 0.15) is 24.2 Å². The molecule has 1 saturated heterocycles. The average molecular weight is 305 g/mol. The van der Waals surface area contributed by atoms with Crippen LogP contribution in [0, 0.1) is 0 Å². The zero-order chi connectivity index (χ0) is 15.9. The van der Waals surface area contributed by atoms with Crippen LogP contribution in [0.15, 0.2) is 24.3 Å². The third-order valence-corrected chi connectivity index (χ3v) is 3.55. The Morgan fingerprint density at radius 2 is 2.18 bits per heavy atom. The summed E-state index contributed by atoms with van der Waals surface area (Å²) in [6.07, 6.45) is 0. The van der Waals surface area contributed by atoms with Crippen LogP contribution in [0.2, 0.25) is 0 Å². The number of piperazine rings is 1. The van der Waals surface area contributed by atoms with Crippen LogP contribution in [-0.4, -0.2) is 55.5 Å². The van der Waals surface area contributed by atoms with Crippen molar-refractivity contribution in [1.82, 2.24) is 15.5 Å². The maximum Gasteiger partial charge on any atom is 0.255 e. The third-order valence-electron chi connectivity index (χ3n) is 3.55. The van der Waals surface area contributed by atoms with E-state index >= 15 is 0 Å². The first-order valence-electron chi connectivity index (χ1n) is 7.63. The lowest BCUT2D eigenvalue weighted by atomic mass is 10.2. The molecule has 1 aromatic carbocycles. The molecular formula is C16H23N3O3. The fourth-order valence-electron chi connectivity index (χ4n) is 2.46. The van der Waals surface area contributed by atoms with E-state index in [0.717, 1.165) is 6.54 Å². The summed E-state index contributed by atoms with van der Waals surface area (Å²) in [4.78, 5) is 26.1. The molecule has 1 aromatic rings. The van der Waals surface area contributed by atoms with Crippen molar-refractivity contribution in [2.24, 2.45) is 0 Å². The van der Waals surface area contributed by atoms with Gasteiger partial charge in [-0.1, -0.05) is 12.1 Å². The number of hydrogen-bond acceptors (Lipinski definition) is 4. The van der Waals surface area contributed by atoms with Gasteiger partial charge in [-0.15, -0.1) is 0 Å². The van der Waals surface area contributed by atoms with E-state index in [0.29, 0.717) is 31.0 Å². The van der Waals surface area contributed by atoms with Crippen LogP contribution < -0.4 is 15.4 Å². The van der Waals surface area contributed by atoms with Crippen molar-refractivity contribution in [3.8, 4) is 5.75 Å². The van der Waals surface area contributed by atoms with Crippen LogP contribution in [0.4, 0.5) is 0 Å². The Hall–Kier alpha value is -2.08. The Morgan fingerprint density at radius 1 is 1.41 bits per heavy atom. The molecule has 1 atom stereocenters. The van der Waals surface area contributed by atoms with Crippen LogP contribution in [0.5, 0.6) is 5.75 Å². The number of rotatable bonds is 5. The number of amides is 2. The second kappa shape index (κ2) is 7.79. The number of benzene rings is 1. The zero-order valence-electron chi connectivity index (χ0n) is 13.1. The second-order valence-corrected chi connectivity index (χ2v) is 5.31. The molecule has 1 aliphatic rings. The van der Waals surface area contributed by atoms with Gasteiger partial charge in [0.05, 0.1) is 18.7 Å². The normalized spacial score (nSPS) is 17.9. The molecule has 6 heteroatoms. The summed E-state index contributed by atoms with van der Waals surface area (Å²) in [6, 6.07) is 7.31. The van der Waals surface area contributed by atoms with E-state index in [1.807, 2.05) is 19.9 Å². The average Bonchev–Trinajstić information content (AvgIpc) is 2.53. The smallest absolute Gasteiger partial charge is 0.255 e. The number of carbonyl (C=O) groups excluding carboxylic acids is 2. The van der Waals surface area contributed by atoms with E-state index in [-0.39, 0.29) is 24.4 Å². The summed E-state index contributed by atoms with van der Waals surface area (Å²) in [5.41, 5.74) is 0.450. The van der Waals surface area contributed by atoms with Crippen molar-refractivity contribution in [2.75, 3.05) is 32.8 Å². The number of nitrogens with zero attached hydrogens (tertiary/aromatic N) is 1. The zero-order valence-corrected chi connectivity index (χ0v) is 13.1. The highest BCUT2D eigenvalue weighted by Crippen LogP contribution is 2.17. The first-order chi connectivity index (χ1) is 10.6. The van der Waals surface area contributed by atoms with Crippen LogP contribution in [0.3, 0.4) is 0 Å². The molecule has 0 aromatic heterocycles. The molecule has 1 fully saturated rings. The summed E-state index contributed by atoms with van der Waals surface area (Å²) in [7, 11) is 0. The van der Waals surface area contributed by atoms with E-state index in [1.54, 1.807) is 23.1 Å². The molecule has 0 radical (unpaired) electrons. The highest BCUT2D eigenvalue weighted by molar-refractivity contribution is 5.98. The SMILES string of the molecule is CCOc1ccccc1C(=O)NCC(=O)N1CCN[C@H](C)C1. The van der Waals surface area contributed by atoms with E-state index in [9.17, 15) is 9.59 Å². The lowest BCUT2D eigenvalue weighted by Gasteiger charge is -2.32. The van der Waals surface area contributed by atoms with Crippen molar-refractivity contribution < 1.29 is 14.3 Å². The minimum atomic E-state index is -0.291. The summed E-state index contributed by atoms with van der Waals surface area (Å²) in [5, 5.41) is 5.96. The lowest BCUT2D eigenvalue weighted by molar-refractivity contribution is -0.131.